The first-order valence-electron chi connectivity index (χ1n) is 9.96. The molecule has 1 amide bonds. The predicted molar refractivity (Wildman–Crippen MR) is 103 cm³/mol. The van der Waals surface area contributed by atoms with E-state index in [0.29, 0.717) is 25.9 Å². The smallest absolute Gasteiger partial charge is 0.223 e. The van der Waals surface area contributed by atoms with Gasteiger partial charge in [0.1, 0.15) is 0 Å². The highest BCUT2D eigenvalue weighted by Crippen LogP contribution is 2.42. The van der Waals surface area contributed by atoms with Crippen molar-refractivity contribution in [2.45, 2.75) is 64.8 Å². The lowest BCUT2D eigenvalue weighted by molar-refractivity contribution is -0.138. The third kappa shape index (κ3) is 7.07. The molecule has 4 N–H and O–H groups in total. The van der Waals surface area contributed by atoms with Crippen LogP contribution in [0.2, 0.25) is 0 Å². The Hall–Kier alpha value is -1.15. The van der Waals surface area contributed by atoms with Crippen molar-refractivity contribution in [2.75, 3.05) is 26.9 Å². The maximum Gasteiger partial charge on any atom is 0.223 e. The van der Waals surface area contributed by atoms with Crippen LogP contribution >= 0.6 is 0 Å². The second-order valence-corrected chi connectivity index (χ2v) is 7.48. The Labute approximate surface area is 162 Å². The molecule has 7 nitrogen and oxygen atoms in total. The third-order valence-corrected chi connectivity index (χ3v) is 5.48. The number of rotatable bonds is 12. The van der Waals surface area contributed by atoms with Crippen molar-refractivity contribution >= 4 is 5.91 Å². The van der Waals surface area contributed by atoms with Crippen molar-refractivity contribution in [3.63, 3.8) is 0 Å². The second-order valence-electron chi connectivity index (χ2n) is 7.48. The van der Waals surface area contributed by atoms with Crippen molar-refractivity contribution in [1.29, 1.82) is 0 Å². The van der Waals surface area contributed by atoms with E-state index in [1.165, 1.54) is 7.11 Å². The predicted octanol–water partition coefficient (Wildman–Crippen LogP) is 2.13. The van der Waals surface area contributed by atoms with Gasteiger partial charge in [0.25, 0.3) is 0 Å². The minimum Gasteiger partial charge on any atom is -0.513 e. The lowest BCUT2D eigenvalue weighted by atomic mass is 9.67. The van der Waals surface area contributed by atoms with Gasteiger partial charge in [-0.3, -0.25) is 4.79 Å². The fourth-order valence-electron chi connectivity index (χ4n) is 3.84. The fourth-order valence-corrected chi connectivity index (χ4v) is 3.84. The largest absolute Gasteiger partial charge is 0.513 e. The first kappa shape index (κ1) is 23.9. The molecule has 0 spiro atoms. The van der Waals surface area contributed by atoms with Gasteiger partial charge in [0, 0.05) is 32.7 Å². The summed E-state index contributed by atoms with van der Waals surface area (Å²) in [5.41, 5.74) is -1.05. The van der Waals surface area contributed by atoms with Crippen molar-refractivity contribution in [2.24, 2.45) is 17.8 Å². The molecule has 1 aliphatic carbocycles. The van der Waals surface area contributed by atoms with E-state index in [9.17, 15) is 20.1 Å². The third-order valence-electron chi connectivity index (χ3n) is 5.48. The Bertz CT molecular complexity index is 483. The summed E-state index contributed by atoms with van der Waals surface area (Å²) in [7, 11) is 1.53. The quantitative estimate of drug-likeness (QED) is 0.382. The van der Waals surface area contributed by atoms with E-state index in [2.05, 4.69) is 5.32 Å². The van der Waals surface area contributed by atoms with Crippen LogP contribution in [0.4, 0.5) is 0 Å². The Morgan fingerprint density at radius 3 is 2.70 bits per heavy atom. The monoisotopic (exact) mass is 387 g/mol. The molecule has 1 rings (SSSR count). The van der Waals surface area contributed by atoms with E-state index in [-0.39, 0.29) is 43.1 Å². The van der Waals surface area contributed by atoms with Crippen molar-refractivity contribution in [3.05, 3.63) is 11.8 Å². The number of aliphatic hydroxyl groups excluding tert-OH is 2. The van der Waals surface area contributed by atoms with E-state index < -0.39 is 17.8 Å². The molecule has 1 aliphatic rings. The summed E-state index contributed by atoms with van der Waals surface area (Å²) in [5.74, 6) is -0.650. The van der Waals surface area contributed by atoms with Crippen LogP contribution in [0.25, 0.3) is 0 Å². The summed E-state index contributed by atoms with van der Waals surface area (Å²) in [4.78, 5) is 12.7. The molecule has 0 aromatic carbocycles. The molecular weight excluding hydrogens is 350 g/mol. The SMILES string of the molecule is CCCOC(CNC(=O)C(CCO)C[C@H]1[C@@H](C)C=C(O)CC1(O)CC)OC. The molecular formula is C20H37NO6. The molecule has 0 aromatic heterocycles. The summed E-state index contributed by atoms with van der Waals surface area (Å²) in [6.45, 7) is 6.49. The van der Waals surface area contributed by atoms with Gasteiger partial charge in [-0.05, 0) is 43.6 Å². The van der Waals surface area contributed by atoms with Gasteiger partial charge in [0.15, 0.2) is 6.29 Å². The molecule has 0 aromatic rings. The van der Waals surface area contributed by atoms with Crippen molar-refractivity contribution in [1.82, 2.24) is 5.32 Å². The van der Waals surface area contributed by atoms with E-state index in [1.807, 2.05) is 20.8 Å². The highest BCUT2D eigenvalue weighted by Gasteiger charge is 2.43. The van der Waals surface area contributed by atoms with Crippen LogP contribution in [0.1, 0.15) is 52.9 Å². The standard InChI is InChI=1S/C20H37NO6/c1-5-9-27-18(26-4)13-21-19(24)15(7-8-22)11-17-14(3)10-16(23)12-20(17,25)6-2/h10,14-15,17-18,22-23,25H,5-9,11-13H2,1-4H3,(H,21,24)/t14-,15?,17-,18?,20?/m0/s1. The number of carbonyl (C=O) groups excluding carboxylic acids is 1. The number of carbonyl (C=O) groups is 1. The first-order valence-corrected chi connectivity index (χ1v) is 9.96. The number of methoxy groups -OCH3 is 1. The van der Waals surface area contributed by atoms with Crippen molar-refractivity contribution in [3.8, 4) is 0 Å². The molecule has 27 heavy (non-hydrogen) atoms. The maximum absolute atomic E-state index is 12.7. The molecule has 158 valence electrons. The Balaban J connectivity index is 2.77. The van der Waals surface area contributed by atoms with Gasteiger partial charge in [-0.2, -0.15) is 0 Å². The van der Waals surface area contributed by atoms with Crippen LogP contribution in [-0.4, -0.2) is 60.0 Å². The number of hydrogen-bond acceptors (Lipinski definition) is 6. The molecule has 0 fully saturated rings. The minimum absolute atomic E-state index is 0.0581. The van der Waals surface area contributed by atoms with Gasteiger partial charge in [-0.1, -0.05) is 20.8 Å². The highest BCUT2D eigenvalue weighted by atomic mass is 16.7. The molecule has 0 saturated heterocycles. The second kappa shape index (κ2) is 11.6. The summed E-state index contributed by atoms with van der Waals surface area (Å²) >= 11 is 0. The average molecular weight is 388 g/mol. The highest BCUT2D eigenvalue weighted by molar-refractivity contribution is 5.78. The zero-order valence-corrected chi connectivity index (χ0v) is 17.1. The van der Waals surface area contributed by atoms with Gasteiger partial charge in [0.05, 0.1) is 17.9 Å². The summed E-state index contributed by atoms with van der Waals surface area (Å²) < 4.78 is 10.7. The normalized spacial score (nSPS) is 27.7. The molecule has 3 unspecified atom stereocenters. The number of nitrogens with one attached hydrogen (secondary N) is 1. The summed E-state index contributed by atoms with van der Waals surface area (Å²) in [5, 5.41) is 33.2. The number of ether oxygens (including phenoxy) is 2. The van der Waals surface area contributed by atoms with E-state index in [0.717, 1.165) is 6.42 Å². The van der Waals surface area contributed by atoms with Crippen LogP contribution in [0.15, 0.2) is 11.8 Å². The topological polar surface area (TPSA) is 108 Å². The number of hydrogen-bond donors (Lipinski definition) is 4. The Kier molecular flexibility index (Phi) is 10.3. The molecule has 5 atom stereocenters. The lowest BCUT2D eigenvalue weighted by Gasteiger charge is -2.42. The van der Waals surface area contributed by atoms with E-state index >= 15 is 0 Å². The number of amides is 1. The minimum atomic E-state index is -1.05. The molecule has 0 bridgehead atoms. The molecule has 0 aliphatic heterocycles. The Morgan fingerprint density at radius 2 is 2.15 bits per heavy atom. The maximum atomic E-state index is 12.7. The fraction of sp³-hybridized carbons (Fsp3) is 0.850. The summed E-state index contributed by atoms with van der Waals surface area (Å²) in [6, 6.07) is 0. The summed E-state index contributed by atoms with van der Waals surface area (Å²) in [6.07, 6.45) is 3.54. The van der Waals surface area contributed by atoms with Gasteiger partial charge in [0.2, 0.25) is 5.91 Å². The van der Waals surface area contributed by atoms with Gasteiger partial charge in [-0.15, -0.1) is 0 Å². The van der Waals surface area contributed by atoms with E-state index in [4.69, 9.17) is 9.47 Å². The zero-order valence-electron chi connectivity index (χ0n) is 17.1. The average Bonchev–Trinajstić information content (AvgIpc) is 2.63. The van der Waals surface area contributed by atoms with Gasteiger partial charge < -0.3 is 30.1 Å². The van der Waals surface area contributed by atoms with Crippen LogP contribution < -0.4 is 5.32 Å². The van der Waals surface area contributed by atoms with Crippen LogP contribution in [0.5, 0.6) is 0 Å². The molecule has 0 saturated carbocycles. The van der Waals surface area contributed by atoms with Gasteiger partial charge >= 0.3 is 0 Å². The van der Waals surface area contributed by atoms with Crippen LogP contribution in [-0.2, 0) is 14.3 Å². The molecule has 0 heterocycles. The van der Waals surface area contributed by atoms with E-state index in [1.54, 1.807) is 6.08 Å². The molecule has 7 heteroatoms. The molecule has 0 radical (unpaired) electrons. The van der Waals surface area contributed by atoms with Gasteiger partial charge in [-0.25, -0.2) is 0 Å². The van der Waals surface area contributed by atoms with Crippen molar-refractivity contribution < 1.29 is 29.6 Å². The Morgan fingerprint density at radius 1 is 1.44 bits per heavy atom. The zero-order chi connectivity index (χ0) is 20.4. The first-order chi connectivity index (χ1) is 12.8. The van der Waals surface area contributed by atoms with Crippen LogP contribution in [0, 0.1) is 17.8 Å². The number of aliphatic hydroxyl groups is 3. The van der Waals surface area contributed by atoms with Crippen LogP contribution in [0.3, 0.4) is 0 Å². The lowest BCUT2D eigenvalue weighted by Crippen LogP contribution is -2.46. The number of allylic oxidation sites excluding steroid dienone is 1.